The fraction of sp³-hybridized carbons (Fsp3) is 0.417. The van der Waals surface area contributed by atoms with Crippen LogP contribution in [0.4, 0.5) is 0 Å². The van der Waals surface area contributed by atoms with E-state index < -0.39 is 0 Å². The van der Waals surface area contributed by atoms with Gasteiger partial charge in [-0.15, -0.1) is 0 Å². The average Bonchev–Trinajstić information content (AvgIpc) is 2.14. The molecule has 2 heteroatoms. The molecule has 0 aliphatic rings. The smallest absolute Gasteiger partial charge is 0.138 e. The lowest BCUT2D eigenvalue weighted by Crippen LogP contribution is -2.11. The van der Waals surface area contributed by atoms with E-state index in [2.05, 4.69) is 32.3 Å². The molecular weight excluding hydrogens is 174 g/mol. The van der Waals surface area contributed by atoms with Crippen LogP contribution in [0.5, 0.6) is 5.75 Å². The van der Waals surface area contributed by atoms with Crippen molar-refractivity contribution in [1.82, 2.24) is 4.98 Å². The Morgan fingerprint density at radius 3 is 2.71 bits per heavy atom. The van der Waals surface area contributed by atoms with E-state index in [9.17, 15) is 0 Å². The van der Waals surface area contributed by atoms with E-state index >= 15 is 0 Å². The third kappa shape index (κ3) is 2.87. The summed E-state index contributed by atoms with van der Waals surface area (Å²) in [5.74, 6) is 0.803. The average molecular weight is 191 g/mol. The minimum absolute atomic E-state index is 0.112. The highest BCUT2D eigenvalue weighted by atomic mass is 16.5. The van der Waals surface area contributed by atoms with E-state index in [1.807, 2.05) is 12.3 Å². The Morgan fingerprint density at radius 1 is 1.43 bits per heavy atom. The zero-order valence-electron chi connectivity index (χ0n) is 9.08. The Labute approximate surface area is 85.6 Å². The van der Waals surface area contributed by atoms with Gasteiger partial charge in [0.05, 0.1) is 6.20 Å². The highest BCUT2D eigenvalue weighted by molar-refractivity contribution is 5.28. The third-order valence-corrected chi connectivity index (χ3v) is 1.95. The van der Waals surface area contributed by atoms with Crippen LogP contribution in [0.15, 0.2) is 31.1 Å². The van der Waals surface area contributed by atoms with E-state index in [0.29, 0.717) is 6.61 Å². The maximum absolute atomic E-state index is 5.41. The summed E-state index contributed by atoms with van der Waals surface area (Å²) >= 11 is 0. The van der Waals surface area contributed by atoms with Crippen LogP contribution in [-0.2, 0) is 5.41 Å². The third-order valence-electron chi connectivity index (χ3n) is 1.95. The van der Waals surface area contributed by atoms with Crippen molar-refractivity contribution >= 4 is 0 Å². The summed E-state index contributed by atoms with van der Waals surface area (Å²) in [7, 11) is 0. The van der Waals surface area contributed by atoms with Gasteiger partial charge in [0.25, 0.3) is 0 Å². The number of ether oxygens (including phenoxy) is 1. The second-order valence-corrected chi connectivity index (χ2v) is 4.26. The topological polar surface area (TPSA) is 22.1 Å². The maximum atomic E-state index is 5.41. The molecule has 0 radical (unpaired) electrons. The lowest BCUT2D eigenvalue weighted by atomic mass is 9.88. The number of pyridine rings is 1. The minimum Gasteiger partial charge on any atom is -0.488 e. The summed E-state index contributed by atoms with van der Waals surface area (Å²) in [6.45, 7) is 10.6. The summed E-state index contributed by atoms with van der Waals surface area (Å²) in [6, 6.07) is 2.02. The predicted molar refractivity (Wildman–Crippen MR) is 58.6 cm³/mol. The molecule has 0 atom stereocenters. The second-order valence-electron chi connectivity index (χ2n) is 4.26. The van der Waals surface area contributed by atoms with E-state index in [1.54, 1.807) is 12.3 Å². The summed E-state index contributed by atoms with van der Waals surface area (Å²) in [4.78, 5) is 4.14. The molecule has 1 aromatic rings. The number of aromatic nitrogens is 1. The van der Waals surface area contributed by atoms with Crippen molar-refractivity contribution in [3.8, 4) is 5.75 Å². The van der Waals surface area contributed by atoms with Crippen LogP contribution >= 0.6 is 0 Å². The molecule has 0 saturated heterocycles. The fourth-order valence-electron chi connectivity index (χ4n) is 1.06. The van der Waals surface area contributed by atoms with Crippen LogP contribution < -0.4 is 4.74 Å². The van der Waals surface area contributed by atoms with Crippen LogP contribution in [0.2, 0.25) is 0 Å². The zero-order chi connectivity index (χ0) is 10.6. The molecule has 0 aliphatic heterocycles. The Morgan fingerprint density at radius 2 is 2.14 bits per heavy atom. The van der Waals surface area contributed by atoms with E-state index in [1.165, 1.54) is 5.56 Å². The molecule has 0 unspecified atom stereocenters. The molecule has 76 valence electrons. The molecule has 0 aromatic carbocycles. The Kier molecular flexibility index (Phi) is 3.28. The largest absolute Gasteiger partial charge is 0.488 e. The van der Waals surface area contributed by atoms with Crippen molar-refractivity contribution in [2.75, 3.05) is 6.61 Å². The van der Waals surface area contributed by atoms with E-state index in [4.69, 9.17) is 4.74 Å². The molecule has 1 heterocycles. The van der Waals surface area contributed by atoms with E-state index in [-0.39, 0.29) is 5.41 Å². The fourth-order valence-corrected chi connectivity index (χ4v) is 1.06. The molecule has 0 saturated carbocycles. The summed E-state index contributed by atoms with van der Waals surface area (Å²) < 4.78 is 5.41. The van der Waals surface area contributed by atoms with Crippen molar-refractivity contribution in [3.05, 3.63) is 36.7 Å². The lowest BCUT2D eigenvalue weighted by molar-refractivity contribution is 0.360. The first-order valence-electron chi connectivity index (χ1n) is 4.73. The van der Waals surface area contributed by atoms with Crippen LogP contribution in [-0.4, -0.2) is 11.6 Å². The van der Waals surface area contributed by atoms with Gasteiger partial charge in [-0.05, 0) is 17.0 Å². The summed E-state index contributed by atoms with van der Waals surface area (Å²) in [6.07, 6.45) is 5.32. The maximum Gasteiger partial charge on any atom is 0.138 e. The van der Waals surface area contributed by atoms with Gasteiger partial charge in [-0.25, -0.2) is 0 Å². The molecule has 1 aromatic heterocycles. The van der Waals surface area contributed by atoms with Crippen LogP contribution in [0.25, 0.3) is 0 Å². The van der Waals surface area contributed by atoms with Gasteiger partial charge >= 0.3 is 0 Å². The number of hydrogen-bond donors (Lipinski definition) is 0. The van der Waals surface area contributed by atoms with Crippen LogP contribution in [0.1, 0.15) is 26.3 Å². The molecule has 0 spiro atoms. The predicted octanol–water partition coefficient (Wildman–Crippen LogP) is 2.94. The number of nitrogens with zero attached hydrogens (tertiary/aromatic N) is 1. The molecule has 0 N–H and O–H groups in total. The minimum atomic E-state index is 0.112. The molecule has 1 rings (SSSR count). The van der Waals surface area contributed by atoms with Gasteiger partial charge in [0, 0.05) is 6.20 Å². The summed E-state index contributed by atoms with van der Waals surface area (Å²) in [5, 5.41) is 0. The molecule has 2 nitrogen and oxygen atoms in total. The highest BCUT2D eigenvalue weighted by Crippen LogP contribution is 2.24. The highest BCUT2D eigenvalue weighted by Gasteiger charge is 2.14. The van der Waals surface area contributed by atoms with Crippen molar-refractivity contribution in [2.45, 2.75) is 26.2 Å². The molecule has 0 bridgehead atoms. The van der Waals surface area contributed by atoms with Gasteiger partial charge < -0.3 is 4.74 Å². The van der Waals surface area contributed by atoms with Crippen molar-refractivity contribution in [2.24, 2.45) is 0 Å². The zero-order valence-corrected chi connectivity index (χ0v) is 9.08. The molecule has 14 heavy (non-hydrogen) atoms. The van der Waals surface area contributed by atoms with Gasteiger partial charge in [0.15, 0.2) is 0 Å². The monoisotopic (exact) mass is 191 g/mol. The van der Waals surface area contributed by atoms with Crippen LogP contribution in [0.3, 0.4) is 0 Å². The Balaban J connectivity index is 2.84. The van der Waals surface area contributed by atoms with E-state index in [0.717, 1.165) is 5.75 Å². The van der Waals surface area contributed by atoms with Gasteiger partial charge in [-0.1, -0.05) is 33.4 Å². The molecular formula is C12H17NO. The first kappa shape index (κ1) is 10.8. The summed E-state index contributed by atoms with van der Waals surface area (Å²) in [5.41, 5.74) is 1.29. The molecule has 0 amide bonds. The number of rotatable bonds is 3. The van der Waals surface area contributed by atoms with Crippen molar-refractivity contribution < 1.29 is 4.74 Å². The van der Waals surface area contributed by atoms with Gasteiger partial charge in [-0.3, -0.25) is 4.98 Å². The van der Waals surface area contributed by atoms with Gasteiger partial charge in [-0.2, -0.15) is 0 Å². The lowest BCUT2D eigenvalue weighted by Gasteiger charge is -2.18. The second kappa shape index (κ2) is 4.27. The van der Waals surface area contributed by atoms with Crippen LogP contribution in [0, 0.1) is 0 Å². The molecule has 0 aliphatic carbocycles. The quantitative estimate of drug-likeness (QED) is 0.685. The van der Waals surface area contributed by atoms with Gasteiger partial charge in [0.1, 0.15) is 12.4 Å². The Bertz CT molecular complexity index is 312. The Hall–Kier alpha value is -1.31. The first-order chi connectivity index (χ1) is 6.54. The molecule has 0 fully saturated rings. The standard InChI is InChI=1S/C12H17NO/c1-5-6-14-11-7-10(8-13-9-11)12(2,3)4/h5,7-9H,1,6H2,2-4H3. The normalized spacial score (nSPS) is 11.1. The van der Waals surface area contributed by atoms with Gasteiger partial charge in [0.2, 0.25) is 0 Å². The SMILES string of the molecule is C=CCOc1cncc(C(C)(C)C)c1. The van der Waals surface area contributed by atoms with Crippen molar-refractivity contribution in [1.29, 1.82) is 0 Å². The number of hydrogen-bond acceptors (Lipinski definition) is 2. The van der Waals surface area contributed by atoms with Crippen molar-refractivity contribution in [3.63, 3.8) is 0 Å². The first-order valence-corrected chi connectivity index (χ1v) is 4.73.